The van der Waals surface area contributed by atoms with Crippen molar-refractivity contribution in [3.8, 4) is 0 Å². The number of rotatable bonds is 2. The highest BCUT2D eigenvalue weighted by atomic mass is 16.1. The quantitative estimate of drug-likeness (QED) is 0.758. The molecule has 1 amide bonds. The van der Waals surface area contributed by atoms with Gasteiger partial charge in [-0.1, -0.05) is 0 Å². The molecule has 1 aliphatic heterocycles. The maximum absolute atomic E-state index is 13.0. The Hall–Kier alpha value is -2.77. The van der Waals surface area contributed by atoms with E-state index in [4.69, 9.17) is 0 Å². The molecule has 1 N–H and O–H groups in total. The van der Waals surface area contributed by atoms with E-state index >= 15 is 0 Å². The van der Waals surface area contributed by atoms with Gasteiger partial charge in [0.15, 0.2) is 5.65 Å². The lowest BCUT2D eigenvalue weighted by molar-refractivity contribution is 0.0928. The summed E-state index contributed by atoms with van der Waals surface area (Å²) in [6, 6.07) is 1.90. The first kappa shape index (κ1) is 15.7. The zero-order valence-corrected chi connectivity index (χ0v) is 14.9. The number of aryl methyl sites for hydroxylation is 5. The largest absolute Gasteiger partial charge is 0.347 e. The normalized spacial score (nSPS) is 16.9. The SMILES string of the molecule is Cc1cc(C(=O)N[C@H]2CCc3nnc(C)n3C2)c2c(C)nn(C)c2n1. The van der Waals surface area contributed by atoms with Crippen LogP contribution in [0.4, 0.5) is 0 Å². The zero-order valence-electron chi connectivity index (χ0n) is 14.9. The van der Waals surface area contributed by atoms with E-state index in [1.54, 1.807) is 4.68 Å². The van der Waals surface area contributed by atoms with Crippen molar-refractivity contribution >= 4 is 16.9 Å². The van der Waals surface area contributed by atoms with Gasteiger partial charge in [-0.3, -0.25) is 9.48 Å². The number of pyridine rings is 1. The van der Waals surface area contributed by atoms with Crippen molar-refractivity contribution in [1.82, 2.24) is 34.8 Å². The molecule has 0 aromatic carbocycles. The van der Waals surface area contributed by atoms with Crippen LogP contribution in [0.3, 0.4) is 0 Å². The molecule has 0 saturated heterocycles. The van der Waals surface area contributed by atoms with E-state index < -0.39 is 0 Å². The van der Waals surface area contributed by atoms with E-state index in [-0.39, 0.29) is 11.9 Å². The molecule has 4 rings (SSSR count). The zero-order chi connectivity index (χ0) is 17.7. The second-order valence-electron chi connectivity index (χ2n) is 6.70. The molecule has 3 aromatic heterocycles. The first-order chi connectivity index (χ1) is 11.9. The van der Waals surface area contributed by atoms with Crippen molar-refractivity contribution < 1.29 is 4.79 Å². The third kappa shape index (κ3) is 2.57. The molecule has 1 aliphatic rings. The second-order valence-corrected chi connectivity index (χ2v) is 6.70. The fourth-order valence-electron chi connectivity index (χ4n) is 3.59. The Labute approximate surface area is 145 Å². The van der Waals surface area contributed by atoms with E-state index in [9.17, 15) is 4.79 Å². The van der Waals surface area contributed by atoms with Crippen LogP contribution in [-0.4, -0.2) is 41.5 Å². The van der Waals surface area contributed by atoms with Gasteiger partial charge >= 0.3 is 0 Å². The van der Waals surface area contributed by atoms with E-state index in [0.29, 0.717) is 12.1 Å². The number of carbonyl (C=O) groups is 1. The molecule has 3 aromatic rings. The summed E-state index contributed by atoms with van der Waals surface area (Å²) in [5, 5.41) is 16.7. The number of hydrogen-bond donors (Lipinski definition) is 1. The summed E-state index contributed by atoms with van der Waals surface area (Å²) < 4.78 is 3.80. The molecule has 8 nitrogen and oxygen atoms in total. The molecular weight excluding hydrogens is 318 g/mol. The molecular formula is C17H21N7O. The predicted octanol–water partition coefficient (Wildman–Crippen LogP) is 1.23. The van der Waals surface area contributed by atoms with Crippen LogP contribution in [0, 0.1) is 20.8 Å². The Morgan fingerprint density at radius 3 is 2.88 bits per heavy atom. The predicted molar refractivity (Wildman–Crippen MR) is 92.3 cm³/mol. The van der Waals surface area contributed by atoms with Crippen LogP contribution < -0.4 is 5.32 Å². The van der Waals surface area contributed by atoms with Crippen molar-refractivity contribution in [2.45, 2.75) is 46.2 Å². The van der Waals surface area contributed by atoms with Gasteiger partial charge in [-0.25, -0.2) is 4.98 Å². The average molecular weight is 339 g/mol. The van der Waals surface area contributed by atoms with Gasteiger partial charge in [0.2, 0.25) is 0 Å². The minimum absolute atomic E-state index is 0.0650. The Bertz CT molecular complexity index is 985. The number of amides is 1. The highest BCUT2D eigenvalue weighted by molar-refractivity contribution is 6.06. The van der Waals surface area contributed by atoms with Gasteiger partial charge in [0, 0.05) is 31.7 Å². The number of nitrogens with zero attached hydrogens (tertiary/aromatic N) is 6. The van der Waals surface area contributed by atoms with Gasteiger partial charge in [0.25, 0.3) is 5.91 Å². The lowest BCUT2D eigenvalue weighted by Crippen LogP contribution is -2.41. The Morgan fingerprint density at radius 2 is 2.08 bits per heavy atom. The van der Waals surface area contributed by atoms with Crippen LogP contribution in [-0.2, 0) is 20.0 Å². The molecule has 0 aliphatic carbocycles. The lowest BCUT2D eigenvalue weighted by atomic mass is 10.0. The highest BCUT2D eigenvalue weighted by Crippen LogP contribution is 2.22. The molecule has 0 spiro atoms. The molecule has 25 heavy (non-hydrogen) atoms. The Balaban J connectivity index is 1.64. The molecule has 0 saturated carbocycles. The summed E-state index contributed by atoms with van der Waals surface area (Å²) in [4.78, 5) is 17.5. The van der Waals surface area contributed by atoms with Crippen LogP contribution in [0.2, 0.25) is 0 Å². The molecule has 0 unspecified atom stereocenters. The minimum atomic E-state index is -0.0780. The molecule has 8 heteroatoms. The van der Waals surface area contributed by atoms with Crippen molar-refractivity contribution in [3.05, 3.63) is 34.7 Å². The van der Waals surface area contributed by atoms with Gasteiger partial charge in [-0.2, -0.15) is 5.10 Å². The van der Waals surface area contributed by atoms with Crippen LogP contribution in [0.5, 0.6) is 0 Å². The van der Waals surface area contributed by atoms with Crippen molar-refractivity contribution in [1.29, 1.82) is 0 Å². The van der Waals surface area contributed by atoms with Gasteiger partial charge in [-0.15, -0.1) is 10.2 Å². The van der Waals surface area contributed by atoms with Gasteiger partial charge in [-0.05, 0) is 33.3 Å². The van der Waals surface area contributed by atoms with E-state index in [1.807, 2.05) is 33.9 Å². The second kappa shape index (κ2) is 5.65. The monoisotopic (exact) mass is 339 g/mol. The Morgan fingerprint density at radius 1 is 1.28 bits per heavy atom. The number of nitrogens with one attached hydrogen (secondary N) is 1. The summed E-state index contributed by atoms with van der Waals surface area (Å²) in [7, 11) is 1.85. The molecule has 0 bridgehead atoms. The lowest BCUT2D eigenvalue weighted by Gasteiger charge is -2.25. The smallest absolute Gasteiger partial charge is 0.252 e. The summed E-state index contributed by atoms with van der Waals surface area (Å²) in [6.07, 6.45) is 1.69. The third-order valence-corrected chi connectivity index (χ3v) is 4.81. The first-order valence-electron chi connectivity index (χ1n) is 8.44. The first-order valence-corrected chi connectivity index (χ1v) is 8.44. The van der Waals surface area contributed by atoms with Crippen LogP contribution >= 0.6 is 0 Å². The fourth-order valence-corrected chi connectivity index (χ4v) is 3.59. The number of fused-ring (bicyclic) bond motifs is 2. The van der Waals surface area contributed by atoms with Crippen molar-refractivity contribution in [3.63, 3.8) is 0 Å². The van der Waals surface area contributed by atoms with E-state index in [1.165, 1.54) is 0 Å². The highest BCUT2D eigenvalue weighted by Gasteiger charge is 2.25. The number of aromatic nitrogens is 6. The maximum atomic E-state index is 13.0. The number of hydrogen-bond acceptors (Lipinski definition) is 5. The summed E-state index contributed by atoms with van der Waals surface area (Å²) in [5.74, 6) is 1.80. The molecule has 130 valence electrons. The fraction of sp³-hybridized carbons (Fsp3) is 0.471. The van der Waals surface area contributed by atoms with Crippen LogP contribution in [0.25, 0.3) is 11.0 Å². The Kier molecular flexibility index (Phi) is 3.55. The summed E-state index contributed by atoms with van der Waals surface area (Å²) in [6.45, 7) is 6.45. The minimum Gasteiger partial charge on any atom is -0.347 e. The third-order valence-electron chi connectivity index (χ3n) is 4.81. The van der Waals surface area contributed by atoms with Gasteiger partial charge < -0.3 is 9.88 Å². The maximum Gasteiger partial charge on any atom is 0.252 e. The summed E-state index contributed by atoms with van der Waals surface area (Å²) >= 11 is 0. The van der Waals surface area contributed by atoms with Crippen molar-refractivity contribution in [2.75, 3.05) is 0 Å². The average Bonchev–Trinajstić information content (AvgIpc) is 3.07. The van der Waals surface area contributed by atoms with Crippen molar-refractivity contribution in [2.24, 2.45) is 7.05 Å². The molecule has 4 heterocycles. The molecule has 1 atom stereocenters. The van der Waals surface area contributed by atoms with Crippen LogP contribution in [0.1, 0.15) is 39.8 Å². The molecule has 0 radical (unpaired) electrons. The van der Waals surface area contributed by atoms with Gasteiger partial charge in [0.1, 0.15) is 11.6 Å². The molecule has 0 fully saturated rings. The number of carbonyl (C=O) groups excluding carboxylic acids is 1. The van der Waals surface area contributed by atoms with Gasteiger partial charge in [0.05, 0.1) is 16.6 Å². The topological polar surface area (TPSA) is 90.5 Å². The van der Waals surface area contributed by atoms with Crippen LogP contribution in [0.15, 0.2) is 6.07 Å². The summed E-state index contributed by atoms with van der Waals surface area (Å²) in [5.41, 5.74) is 3.00. The van der Waals surface area contributed by atoms with E-state index in [2.05, 4.69) is 30.2 Å². The standard InChI is InChI=1S/C17H21N7O/c1-9-7-13(15-10(2)22-23(4)16(15)18-9)17(25)19-12-5-6-14-21-20-11(3)24(14)8-12/h7,12H,5-6,8H2,1-4H3,(H,19,25)/t12-/m0/s1. The van der Waals surface area contributed by atoms with E-state index in [0.717, 1.165) is 46.9 Å².